The van der Waals surface area contributed by atoms with Crippen molar-refractivity contribution in [3.63, 3.8) is 0 Å². The third kappa shape index (κ3) is 2.73. The molecule has 1 aromatic rings. The normalized spacial score (nSPS) is 30.8. The first-order valence-corrected chi connectivity index (χ1v) is 7.62. The van der Waals surface area contributed by atoms with Gasteiger partial charge in [-0.1, -0.05) is 12.8 Å². The second kappa shape index (κ2) is 5.56. The largest absolute Gasteiger partial charge is 0.444 e. The summed E-state index contributed by atoms with van der Waals surface area (Å²) in [5.41, 5.74) is 0. The fraction of sp³-hybridized carbons (Fsp3) is 0.733. The fourth-order valence-corrected chi connectivity index (χ4v) is 3.47. The predicted octanol–water partition coefficient (Wildman–Crippen LogP) is 2.08. The van der Waals surface area contributed by atoms with Gasteiger partial charge in [0.1, 0.15) is 11.8 Å². The first-order valence-electron chi connectivity index (χ1n) is 7.62. The highest BCUT2D eigenvalue weighted by Gasteiger charge is 2.38. The molecule has 110 valence electrons. The summed E-state index contributed by atoms with van der Waals surface area (Å²) in [4.78, 5) is 16.5. The highest BCUT2D eigenvalue weighted by atomic mass is 16.4. The Morgan fingerprint density at radius 3 is 3.00 bits per heavy atom. The number of carbonyl (C=O) groups excluding carboxylic acids is 1. The summed E-state index contributed by atoms with van der Waals surface area (Å²) in [6.07, 6.45) is 7.71. The van der Waals surface area contributed by atoms with Gasteiger partial charge in [0.25, 0.3) is 0 Å². The smallest absolute Gasteiger partial charge is 0.237 e. The number of rotatable bonds is 3. The number of nitrogens with one attached hydrogen (secondary N) is 2. The minimum Gasteiger partial charge on any atom is -0.444 e. The van der Waals surface area contributed by atoms with E-state index >= 15 is 0 Å². The quantitative estimate of drug-likeness (QED) is 0.887. The van der Waals surface area contributed by atoms with E-state index in [2.05, 4.69) is 15.6 Å². The molecule has 1 aliphatic heterocycles. The van der Waals surface area contributed by atoms with Crippen LogP contribution >= 0.6 is 0 Å². The Balaban J connectivity index is 1.57. The van der Waals surface area contributed by atoms with Crippen LogP contribution in [0.4, 0.5) is 0 Å². The van der Waals surface area contributed by atoms with Crippen molar-refractivity contribution in [1.82, 2.24) is 15.6 Å². The van der Waals surface area contributed by atoms with Crippen molar-refractivity contribution in [1.29, 1.82) is 0 Å². The zero-order valence-corrected chi connectivity index (χ0v) is 12.2. The number of oxazole rings is 1. The van der Waals surface area contributed by atoms with Gasteiger partial charge >= 0.3 is 0 Å². The van der Waals surface area contributed by atoms with Crippen LogP contribution in [0.15, 0.2) is 10.6 Å². The van der Waals surface area contributed by atoms with Crippen LogP contribution in [0.5, 0.6) is 0 Å². The van der Waals surface area contributed by atoms with Crippen LogP contribution in [0.2, 0.25) is 0 Å². The monoisotopic (exact) mass is 277 g/mol. The van der Waals surface area contributed by atoms with E-state index in [-0.39, 0.29) is 18.0 Å². The molecule has 4 atom stereocenters. The number of hydrogen-bond donors (Lipinski definition) is 2. The van der Waals surface area contributed by atoms with E-state index in [0.717, 1.165) is 12.2 Å². The molecule has 2 aliphatic rings. The molecule has 0 aromatic carbocycles. The molecule has 0 spiro atoms. The maximum absolute atomic E-state index is 12.3. The van der Waals surface area contributed by atoms with Gasteiger partial charge in [0.15, 0.2) is 0 Å². The van der Waals surface area contributed by atoms with Crippen molar-refractivity contribution < 1.29 is 9.21 Å². The van der Waals surface area contributed by atoms with Gasteiger partial charge in [-0.05, 0) is 39.0 Å². The Morgan fingerprint density at radius 2 is 2.30 bits per heavy atom. The van der Waals surface area contributed by atoms with Gasteiger partial charge in [0, 0.05) is 6.04 Å². The number of aromatic nitrogens is 1. The maximum Gasteiger partial charge on any atom is 0.237 e. The van der Waals surface area contributed by atoms with E-state index < -0.39 is 0 Å². The van der Waals surface area contributed by atoms with E-state index in [1.807, 2.05) is 13.8 Å². The molecule has 1 saturated heterocycles. The van der Waals surface area contributed by atoms with Crippen molar-refractivity contribution in [3.8, 4) is 0 Å². The van der Waals surface area contributed by atoms with Gasteiger partial charge in [-0.15, -0.1) is 0 Å². The van der Waals surface area contributed by atoms with Crippen molar-refractivity contribution in [3.05, 3.63) is 17.8 Å². The molecule has 5 heteroatoms. The van der Waals surface area contributed by atoms with Gasteiger partial charge in [-0.25, -0.2) is 4.98 Å². The Labute approximate surface area is 119 Å². The van der Waals surface area contributed by atoms with Crippen LogP contribution < -0.4 is 10.6 Å². The lowest BCUT2D eigenvalue weighted by atomic mass is 9.85. The van der Waals surface area contributed by atoms with E-state index in [9.17, 15) is 4.79 Å². The lowest BCUT2D eigenvalue weighted by Gasteiger charge is -2.24. The molecule has 3 rings (SSSR count). The number of hydrogen-bond acceptors (Lipinski definition) is 4. The van der Waals surface area contributed by atoms with Crippen molar-refractivity contribution in [2.45, 2.75) is 64.1 Å². The fourth-order valence-electron chi connectivity index (χ4n) is 3.47. The number of aryl methyl sites for hydroxylation is 1. The van der Waals surface area contributed by atoms with Crippen molar-refractivity contribution in [2.75, 3.05) is 0 Å². The number of nitrogens with zero attached hydrogens (tertiary/aromatic N) is 1. The summed E-state index contributed by atoms with van der Waals surface area (Å²) in [6.45, 7) is 3.76. The van der Waals surface area contributed by atoms with Crippen LogP contribution in [0.1, 0.15) is 56.7 Å². The average molecular weight is 277 g/mol. The van der Waals surface area contributed by atoms with E-state index in [1.54, 1.807) is 6.20 Å². The molecule has 2 heterocycles. The van der Waals surface area contributed by atoms with Crippen LogP contribution in [-0.4, -0.2) is 23.0 Å². The van der Waals surface area contributed by atoms with E-state index in [1.165, 1.54) is 25.7 Å². The second-order valence-electron chi connectivity index (χ2n) is 6.15. The molecule has 0 radical (unpaired) electrons. The van der Waals surface area contributed by atoms with Crippen molar-refractivity contribution in [2.24, 2.45) is 5.92 Å². The van der Waals surface area contributed by atoms with Gasteiger partial charge in [-0.2, -0.15) is 0 Å². The first-order chi connectivity index (χ1) is 9.63. The second-order valence-corrected chi connectivity index (χ2v) is 6.15. The van der Waals surface area contributed by atoms with Gasteiger partial charge < -0.3 is 15.1 Å². The highest BCUT2D eigenvalue weighted by molar-refractivity contribution is 5.82. The van der Waals surface area contributed by atoms with Crippen LogP contribution in [0.25, 0.3) is 0 Å². The van der Waals surface area contributed by atoms with Gasteiger partial charge in [0.05, 0.1) is 12.2 Å². The zero-order chi connectivity index (χ0) is 14.1. The van der Waals surface area contributed by atoms with Crippen LogP contribution in [0.3, 0.4) is 0 Å². The molecule has 5 nitrogen and oxygen atoms in total. The number of fused-ring (bicyclic) bond motifs is 1. The Bertz CT molecular complexity index is 471. The number of amides is 1. The van der Waals surface area contributed by atoms with Gasteiger partial charge in [-0.3, -0.25) is 4.79 Å². The third-order valence-corrected chi connectivity index (χ3v) is 4.55. The molecule has 20 heavy (non-hydrogen) atoms. The first kappa shape index (κ1) is 13.6. The molecule has 1 amide bonds. The zero-order valence-electron chi connectivity index (χ0n) is 12.2. The summed E-state index contributed by atoms with van der Waals surface area (Å²) in [7, 11) is 0. The Morgan fingerprint density at radius 1 is 1.50 bits per heavy atom. The van der Waals surface area contributed by atoms with Crippen LogP contribution in [-0.2, 0) is 4.79 Å². The molecule has 0 bridgehead atoms. The lowest BCUT2D eigenvalue weighted by molar-refractivity contribution is -0.123. The SMILES string of the molecule is Cc1cnc(C(C)NC(=O)C2CC3CCCCC3N2)o1. The molecule has 4 unspecified atom stereocenters. The molecule has 2 fully saturated rings. The van der Waals surface area contributed by atoms with Gasteiger partial charge in [0.2, 0.25) is 11.8 Å². The summed E-state index contributed by atoms with van der Waals surface area (Å²) in [6, 6.07) is 0.307. The Kier molecular flexibility index (Phi) is 3.78. The minimum absolute atomic E-state index is 0.0541. The minimum atomic E-state index is -0.180. The summed E-state index contributed by atoms with van der Waals surface area (Å²) in [5, 5.41) is 6.50. The lowest BCUT2D eigenvalue weighted by Crippen LogP contribution is -2.43. The Hall–Kier alpha value is -1.36. The third-order valence-electron chi connectivity index (χ3n) is 4.55. The van der Waals surface area contributed by atoms with E-state index in [0.29, 0.717) is 17.9 Å². The molecule has 1 aliphatic carbocycles. The molecule has 2 N–H and O–H groups in total. The summed E-state index contributed by atoms with van der Waals surface area (Å²) >= 11 is 0. The number of carbonyl (C=O) groups is 1. The van der Waals surface area contributed by atoms with Crippen molar-refractivity contribution >= 4 is 5.91 Å². The molecule has 1 aromatic heterocycles. The van der Waals surface area contributed by atoms with E-state index in [4.69, 9.17) is 4.42 Å². The van der Waals surface area contributed by atoms with Crippen LogP contribution in [0, 0.1) is 12.8 Å². The maximum atomic E-state index is 12.3. The molecule has 1 saturated carbocycles. The average Bonchev–Trinajstić information content (AvgIpc) is 3.04. The summed E-state index contributed by atoms with van der Waals surface area (Å²) < 4.78 is 5.46. The highest BCUT2D eigenvalue weighted by Crippen LogP contribution is 2.33. The standard InChI is InChI=1S/C15H23N3O2/c1-9-8-16-15(20-9)10(2)17-14(19)13-7-11-5-3-4-6-12(11)18-13/h8,10-13,18H,3-7H2,1-2H3,(H,17,19). The molecular weight excluding hydrogens is 254 g/mol. The topological polar surface area (TPSA) is 67.2 Å². The molecular formula is C15H23N3O2. The summed E-state index contributed by atoms with van der Waals surface area (Å²) in [5.74, 6) is 2.10. The predicted molar refractivity (Wildman–Crippen MR) is 75.1 cm³/mol.